The molecule has 1 aliphatic heterocycles. The molecule has 1 amide bonds. The number of carbonyl (C=O) groups is 1. The Hall–Kier alpha value is -0.830. The number of hydrogen-bond donors (Lipinski definition) is 0. The molecule has 92 valence electrons. The highest BCUT2D eigenvalue weighted by molar-refractivity contribution is 9.10. The summed E-state index contributed by atoms with van der Waals surface area (Å²) in [6.07, 6.45) is 1.22. The van der Waals surface area contributed by atoms with Crippen molar-refractivity contribution in [2.45, 2.75) is 20.3 Å². The maximum absolute atomic E-state index is 12.4. The quantitative estimate of drug-likeness (QED) is 0.776. The van der Waals surface area contributed by atoms with Crippen LogP contribution in [0.1, 0.15) is 30.6 Å². The first-order valence-corrected chi connectivity index (χ1v) is 6.91. The van der Waals surface area contributed by atoms with Gasteiger partial charge in [0, 0.05) is 17.6 Å². The summed E-state index contributed by atoms with van der Waals surface area (Å²) in [5, 5.41) is 0. The van der Waals surface area contributed by atoms with E-state index in [1.54, 1.807) is 0 Å². The molecule has 0 aromatic heterocycles. The maximum Gasteiger partial charge on any atom is 0.255 e. The molecule has 2 rings (SSSR count). The highest BCUT2D eigenvalue weighted by Crippen LogP contribution is 2.24. The molecule has 17 heavy (non-hydrogen) atoms. The minimum atomic E-state index is 0.149. The summed E-state index contributed by atoms with van der Waals surface area (Å²) in [5.74, 6) is 1.35. The van der Waals surface area contributed by atoms with Gasteiger partial charge in [-0.2, -0.15) is 0 Å². The predicted octanol–water partition coefficient (Wildman–Crippen LogP) is 3.57. The van der Waals surface area contributed by atoms with Crippen LogP contribution in [0.25, 0.3) is 0 Å². The van der Waals surface area contributed by atoms with Crippen LogP contribution >= 0.6 is 15.9 Å². The summed E-state index contributed by atoms with van der Waals surface area (Å²) in [5.41, 5.74) is 0.772. The summed E-state index contributed by atoms with van der Waals surface area (Å²) in [6.45, 7) is 6.20. The minimum absolute atomic E-state index is 0.149. The van der Waals surface area contributed by atoms with Gasteiger partial charge < -0.3 is 4.90 Å². The van der Waals surface area contributed by atoms with E-state index in [0.29, 0.717) is 11.8 Å². The van der Waals surface area contributed by atoms with Crippen molar-refractivity contribution in [3.63, 3.8) is 0 Å². The fourth-order valence-electron chi connectivity index (χ4n) is 2.63. The first kappa shape index (κ1) is 12.6. The Morgan fingerprint density at radius 2 is 1.82 bits per heavy atom. The van der Waals surface area contributed by atoms with Gasteiger partial charge in [0.25, 0.3) is 5.91 Å². The van der Waals surface area contributed by atoms with Gasteiger partial charge in [-0.15, -0.1) is 0 Å². The molecule has 0 N–H and O–H groups in total. The van der Waals surface area contributed by atoms with Crippen molar-refractivity contribution in [1.29, 1.82) is 0 Å². The second kappa shape index (κ2) is 5.21. The van der Waals surface area contributed by atoms with E-state index in [0.717, 1.165) is 23.1 Å². The van der Waals surface area contributed by atoms with Crippen LogP contribution in [0.15, 0.2) is 28.7 Å². The Morgan fingerprint density at radius 3 is 2.41 bits per heavy atom. The Labute approximate surface area is 111 Å². The molecule has 1 fully saturated rings. The lowest BCUT2D eigenvalue weighted by atomic mass is 9.91. The van der Waals surface area contributed by atoms with E-state index in [1.165, 1.54) is 6.42 Å². The Balaban J connectivity index is 2.17. The van der Waals surface area contributed by atoms with Crippen LogP contribution in [-0.4, -0.2) is 23.9 Å². The SMILES string of the molecule is CC1CC(C)CN(C(=O)c2ccccc2Br)C1. The van der Waals surface area contributed by atoms with Crippen molar-refractivity contribution >= 4 is 21.8 Å². The molecule has 1 aliphatic rings. The van der Waals surface area contributed by atoms with E-state index in [-0.39, 0.29) is 5.91 Å². The topological polar surface area (TPSA) is 20.3 Å². The highest BCUT2D eigenvalue weighted by Gasteiger charge is 2.26. The first-order chi connectivity index (χ1) is 8.08. The van der Waals surface area contributed by atoms with E-state index in [1.807, 2.05) is 29.2 Å². The van der Waals surface area contributed by atoms with Crippen molar-refractivity contribution in [2.75, 3.05) is 13.1 Å². The lowest BCUT2D eigenvalue weighted by molar-refractivity contribution is 0.0622. The normalized spacial score (nSPS) is 24.8. The van der Waals surface area contributed by atoms with Gasteiger partial charge in [-0.1, -0.05) is 26.0 Å². The van der Waals surface area contributed by atoms with Gasteiger partial charge in [-0.05, 0) is 46.3 Å². The highest BCUT2D eigenvalue weighted by atomic mass is 79.9. The summed E-state index contributed by atoms with van der Waals surface area (Å²) >= 11 is 3.45. The molecule has 1 saturated heterocycles. The van der Waals surface area contributed by atoms with Gasteiger partial charge in [0.15, 0.2) is 0 Å². The van der Waals surface area contributed by atoms with E-state index < -0.39 is 0 Å². The number of hydrogen-bond acceptors (Lipinski definition) is 1. The van der Waals surface area contributed by atoms with Gasteiger partial charge >= 0.3 is 0 Å². The number of nitrogens with zero attached hydrogens (tertiary/aromatic N) is 1. The zero-order valence-corrected chi connectivity index (χ0v) is 11.9. The zero-order valence-electron chi connectivity index (χ0n) is 10.3. The number of carbonyl (C=O) groups excluding carboxylic acids is 1. The van der Waals surface area contributed by atoms with Crippen LogP contribution < -0.4 is 0 Å². The number of amides is 1. The van der Waals surface area contributed by atoms with Crippen LogP contribution in [0.2, 0.25) is 0 Å². The maximum atomic E-state index is 12.4. The average Bonchev–Trinajstić information content (AvgIpc) is 2.27. The Morgan fingerprint density at radius 1 is 1.24 bits per heavy atom. The molecule has 3 heteroatoms. The largest absolute Gasteiger partial charge is 0.338 e. The predicted molar refractivity (Wildman–Crippen MR) is 73.0 cm³/mol. The average molecular weight is 296 g/mol. The summed E-state index contributed by atoms with van der Waals surface area (Å²) < 4.78 is 0.885. The molecule has 2 atom stereocenters. The molecule has 2 unspecified atom stereocenters. The molecule has 1 aromatic rings. The van der Waals surface area contributed by atoms with Crippen LogP contribution in [0.3, 0.4) is 0 Å². The second-order valence-electron chi connectivity index (χ2n) is 5.14. The number of piperidine rings is 1. The molecular weight excluding hydrogens is 278 g/mol. The molecule has 2 nitrogen and oxygen atoms in total. The van der Waals surface area contributed by atoms with Gasteiger partial charge in [0.1, 0.15) is 0 Å². The van der Waals surface area contributed by atoms with Crippen LogP contribution in [0.4, 0.5) is 0 Å². The zero-order chi connectivity index (χ0) is 12.4. The molecule has 0 bridgehead atoms. The minimum Gasteiger partial charge on any atom is -0.338 e. The second-order valence-corrected chi connectivity index (χ2v) is 5.99. The third kappa shape index (κ3) is 2.89. The molecule has 0 aliphatic carbocycles. The van der Waals surface area contributed by atoms with Crippen molar-refractivity contribution in [3.8, 4) is 0 Å². The number of rotatable bonds is 1. The molecule has 0 spiro atoms. The molecule has 0 saturated carbocycles. The summed E-state index contributed by atoms with van der Waals surface area (Å²) in [6, 6.07) is 7.65. The van der Waals surface area contributed by atoms with Crippen LogP contribution in [-0.2, 0) is 0 Å². The smallest absolute Gasteiger partial charge is 0.255 e. The van der Waals surface area contributed by atoms with E-state index in [4.69, 9.17) is 0 Å². The lowest BCUT2D eigenvalue weighted by Crippen LogP contribution is -2.42. The van der Waals surface area contributed by atoms with Crippen LogP contribution in [0.5, 0.6) is 0 Å². The summed E-state index contributed by atoms with van der Waals surface area (Å²) in [7, 11) is 0. The Kier molecular flexibility index (Phi) is 3.87. The molecule has 0 radical (unpaired) electrons. The van der Waals surface area contributed by atoms with E-state index >= 15 is 0 Å². The first-order valence-electron chi connectivity index (χ1n) is 6.11. The van der Waals surface area contributed by atoms with Gasteiger partial charge in [0.05, 0.1) is 5.56 Å². The van der Waals surface area contributed by atoms with Crippen molar-refractivity contribution < 1.29 is 4.79 Å². The van der Waals surface area contributed by atoms with Crippen molar-refractivity contribution in [1.82, 2.24) is 4.90 Å². The number of halogens is 1. The molecule has 1 heterocycles. The Bertz CT molecular complexity index is 408. The van der Waals surface area contributed by atoms with Crippen LogP contribution in [0, 0.1) is 11.8 Å². The fraction of sp³-hybridized carbons (Fsp3) is 0.500. The third-order valence-corrected chi connectivity index (χ3v) is 3.95. The lowest BCUT2D eigenvalue weighted by Gasteiger charge is -2.35. The molecule has 1 aromatic carbocycles. The van der Waals surface area contributed by atoms with Crippen molar-refractivity contribution in [2.24, 2.45) is 11.8 Å². The van der Waals surface area contributed by atoms with Gasteiger partial charge in [-0.3, -0.25) is 4.79 Å². The van der Waals surface area contributed by atoms with E-state index in [9.17, 15) is 4.79 Å². The fourth-order valence-corrected chi connectivity index (χ4v) is 3.09. The number of benzene rings is 1. The van der Waals surface area contributed by atoms with E-state index in [2.05, 4.69) is 29.8 Å². The summed E-state index contributed by atoms with van der Waals surface area (Å²) in [4.78, 5) is 14.4. The molecular formula is C14H18BrNO. The standard InChI is InChI=1S/C14H18BrNO/c1-10-7-11(2)9-16(8-10)14(17)12-5-3-4-6-13(12)15/h3-6,10-11H,7-9H2,1-2H3. The van der Waals surface area contributed by atoms with Crippen molar-refractivity contribution in [3.05, 3.63) is 34.3 Å². The third-order valence-electron chi connectivity index (χ3n) is 3.26. The van der Waals surface area contributed by atoms with Gasteiger partial charge in [0.2, 0.25) is 0 Å². The van der Waals surface area contributed by atoms with Gasteiger partial charge in [-0.25, -0.2) is 0 Å². The number of likely N-dealkylation sites (tertiary alicyclic amines) is 1. The monoisotopic (exact) mass is 295 g/mol.